The fourth-order valence-corrected chi connectivity index (χ4v) is 1.62. The number of hydrogen-bond donors (Lipinski definition) is 1. The Morgan fingerprint density at radius 1 is 1.71 bits per heavy atom. The van der Waals surface area contributed by atoms with Crippen molar-refractivity contribution in [2.24, 2.45) is 0 Å². The molecule has 1 rings (SSSR count). The Bertz CT molecular complexity index is 178. The highest BCUT2D eigenvalue weighted by molar-refractivity contribution is 5.75. The standard InChI is InChI=1S/C10H19NO3/c1-3-9(10(12)13-2)11-7-8-5-4-6-14-8/h8-9,11H,3-7H2,1-2H3/t8-,9-/m0/s1. The number of carbonyl (C=O) groups is 1. The van der Waals surface area contributed by atoms with E-state index in [1.807, 2.05) is 6.92 Å². The minimum absolute atomic E-state index is 0.189. The van der Waals surface area contributed by atoms with Crippen LogP contribution in [0.4, 0.5) is 0 Å². The first-order valence-electron chi connectivity index (χ1n) is 5.20. The van der Waals surface area contributed by atoms with Crippen LogP contribution in [0.15, 0.2) is 0 Å². The minimum atomic E-state index is -0.191. The lowest BCUT2D eigenvalue weighted by Gasteiger charge is -2.17. The molecule has 0 spiro atoms. The Kier molecular flexibility index (Phi) is 4.90. The summed E-state index contributed by atoms with van der Waals surface area (Å²) in [4.78, 5) is 11.2. The van der Waals surface area contributed by atoms with Crippen LogP contribution >= 0.6 is 0 Å². The average molecular weight is 201 g/mol. The van der Waals surface area contributed by atoms with E-state index in [0.29, 0.717) is 0 Å². The highest BCUT2D eigenvalue weighted by Gasteiger charge is 2.20. The van der Waals surface area contributed by atoms with Crippen LogP contribution in [0.3, 0.4) is 0 Å². The molecule has 0 saturated carbocycles. The van der Waals surface area contributed by atoms with Gasteiger partial charge in [-0.05, 0) is 19.3 Å². The zero-order chi connectivity index (χ0) is 10.4. The molecular weight excluding hydrogens is 182 g/mol. The molecule has 0 aromatic rings. The Labute approximate surface area is 85.0 Å². The van der Waals surface area contributed by atoms with Crippen LogP contribution in [0.25, 0.3) is 0 Å². The molecule has 1 saturated heterocycles. The van der Waals surface area contributed by atoms with Gasteiger partial charge in [0.1, 0.15) is 6.04 Å². The van der Waals surface area contributed by atoms with E-state index in [1.54, 1.807) is 0 Å². The van der Waals surface area contributed by atoms with Gasteiger partial charge in [-0.25, -0.2) is 0 Å². The van der Waals surface area contributed by atoms with E-state index < -0.39 is 0 Å². The lowest BCUT2D eigenvalue weighted by Crippen LogP contribution is -2.41. The van der Waals surface area contributed by atoms with Gasteiger partial charge in [-0.1, -0.05) is 6.92 Å². The van der Waals surface area contributed by atoms with Crippen LogP contribution in [0.2, 0.25) is 0 Å². The third-order valence-corrected chi connectivity index (χ3v) is 2.51. The molecule has 0 aromatic carbocycles. The van der Waals surface area contributed by atoms with E-state index in [4.69, 9.17) is 4.74 Å². The van der Waals surface area contributed by atoms with Crippen molar-refractivity contribution in [2.75, 3.05) is 20.3 Å². The normalized spacial score (nSPS) is 23.4. The average Bonchev–Trinajstić information content (AvgIpc) is 2.71. The molecule has 1 fully saturated rings. The first kappa shape index (κ1) is 11.5. The minimum Gasteiger partial charge on any atom is -0.468 e. The van der Waals surface area contributed by atoms with Gasteiger partial charge in [-0.15, -0.1) is 0 Å². The molecule has 1 N–H and O–H groups in total. The molecule has 4 heteroatoms. The number of esters is 1. The van der Waals surface area contributed by atoms with Crippen LogP contribution in [-0.2, 0) is 14.3 Å². The summed E-state index contributed by atoms with van der Waals surface area (Å²) < 4.78 is 10.1. The van der Waals surface area contributed by atoms with Gasteiger partial charge >= 0.3 is 5.97 Å². The third kappa shape index (κ3) is 3.27. The molecule has 1 heterocycles. The summed E-state index contributed by atoms with van der Waals surface area (Å²) in [5, 5.41) is 3.16. The summed E-state index contributed by atoms with van der Waals surface area (Å²) in [6, 6.07) is -0.191. The first-order valence-corrected chi connectivity index (χ1v) is 5.20. The number of methoxy groups -OCH3 is 1. The lowest BCUT2D eigenvalue weighted by molar-refractivity contribution is -0.143. The van der Waals surface area contributed by atoms with E-state index in [-0.39, 0.29) is 18.1 Å². The van der Waals surface area contributed by atoms with E-state index in [1.165, 1.54) is 7.11 Å². The first-order chi connectivity index (χ1) is 6.77. The topological polar surface area (TPSA) is 47.6 Å². The molecule has 14 heavy (non-hydrogen) atoms. The maximum Gasteiger partial charge on any atom is 0.322 e. The largest absolute Gasteiger partial charge is 0.468 e. The van der Waals surface area contributed by atoms with Crippen molar-refractivity contribution in [1.29, 1.82) is 0 Å². The predicted octanol–water partition coefficient (Wildman–Crippen LogP) is 0.707. The quantitative estimate of drug-likeness (QED) is 0.665. The molecular formula is C10H19NO3. The number of ether oxygens (including phenoxy) is 2. The summed E-state index contributed by atoms with van der Waals surface area (Å²) in [7, 11) is 1.42. The molecule has 0 aliphatic carbocycles. The lowest BCUT2D eigenvalue weighted by atomic mass is 10.2. The monoisotopic (exact) mass is 201 g/mol. The molecule has 0 unspecified atom stereocenters. The summed E-state index contributed by atoms with van der Waals surface area (Å²) in [5.74, 6) is -0.189. The maximum absolute atomic E-state index is 11.2. The Hall–Kier alpha value is -0.610. The third-order valence-electron chi connectivity index (χ3n) is 2.51. The molecule has 0 bridgehead atoms. The van der Waals surface area contributed by atoms with E-state index in [0.717, 1.165) is 32.4 Å². The molecule has 82 valence electrons. The Balaban J connectivity index is 2.22. The van der Waals surface area contributed by atoms with E-state index >= 15 is 0 Å². The van der Waals surface area contributed by atoms with Crippen LogP contribution in [0.5, 0.6) is 0 Å². The number of hydrogen-bond acceptors (Lipinski definition) is 4. The second-order valence-corrected chi connectivity index (χ2v) is 3.53. The molecule has 1 aliphatic heterocycles. The van der Waals surface area contributed by atoms with Crippen molar-refractivity contribution in [3.05, 3.63) is 0 Å². The van der Waals surface area contributed by atoms with Crippen LogP contribution < -0.4 is 5.32 Å². The van der Waals surface area contributed by atoms with Gasteiger partial charge in [0.05, 0.1) is 13.2 Å². The van der Waals surface area contributed by atoms with Crippen molar-refractivity contribution in [3.8, 4) is 0 Å². The predicted molar refractivity (Wildman–Crippen MR) is 53.1 cm³/mol. The molecule has 1 aliphatic rings. The van der Waals surface area contributed by atoms with Crippen molar-refractivity contribution < 1.29 is 14.3 Å². The van der Waals surface area contributed by atoms with E-state index in [9.17, 15) is 4.79 Å². The molecule has 0 radical (unpaired) electrons. The highest BCUT2D eigenvalue weighted by atomic mass is 16.5. The van der Waals surface area contributed by atoms with Crippen LogP contribution in [0, 0.1) is 0 Å². The molecule has 0 amide bonds. The second kappa shape index (κ2) is 5.98. The SMILES string of the molecule is CC[C@H](NC[C@@H]1CCCO1)C(=O)OC. The second-order valence-electron chi connectivity index (χ2n) is 3.53. The van der Waals surface area contributed by atoms with Gasteiger partial charge in [0, 0.05) is 13.2 Å². The Morgan fingerprint density at radius 2 is 2.50 bits per heavy atom. The maximum atomic E-state index is 11.2. The fraction of sp³-hybridized carbons (Fsp3) is 0.900. The van der Waals surface area contributed by atoms with Crippen molar-refractivity contribution in [2.45, 2.75) is 38.3 Å². The smallest absolute Gasteiger partial charge is 0.322 e. The fourth-order valence-electron chi connectivity index (χ4n) is 1.62. The van der Waals surface area contributed by atoms with Crippen molar-refractivity contribution >= 4 is 5.97 Å². The number of rotatable bonds is 5. The highest BCUT2D eigenvalue weighted by Crippen LogP contribution is 2.11. The van der Waals surface area contributed by atoms with Crippen molar-refractivity contribution in [3.63, 3.8) is 0 Å². The zero-order valence-corrected chi connectivity index (χ0v) is 8.91. The summed E-state index contributed by atoms with van der Waals surface area (Å²) >= 11 is 0. The van der Waals surface area contributed by atoms with Gasteiger partial charge in [0.15, 0.2) is 0 Å². The van der Waals surface area contributed by atoms with E-state index in [2.05, 4.69) is 10.1 Å². The van der Waals surface area contributed by atoms with Gasteiger partial charge in [-0.3, -0.25) is 4.79 Å². The van der Waals surface area contributed by atoms with Gasteiger partial charge < -0.3 is 14.8 Å². The summed E-state index contributed by atoms with van der Waals surface area (Å²) in [6.45, 7) is 3.55. The van der Waals surface area contributed by atoms with Gasteiger partial charge in [0.25, 0.3) is 0 Å². The summed E-state index contributed by atoms with van der Waals surface area (Å²) in [6.07, 6.45) is 3.24. The molecule has 2 atom stereocenters. The number of nitrogens with one attached hydrogen (secondary N) is 1. The molecule has 0 aromatic heterocycles. The Morgan fingerprint density at radius 3 is 3.00 bits per heavy atom. The summed E-state index contributed by atoms with van der Waals surface area (Å²) in [5.41, 5.74) is 0. The van der Waals surface area contributed by atoms with Gasteiger partial charge in [-0.2, -0.15) is 0 Å². The number of carbonyl (C=O) groups excluding carboxylic acids is 1. The van der Waals surface area contributed by atoms with Crippen molar-refractivity contribution in [1.82, 2.24) is 5.32 Å². The zero-order valence-electron chi connectivity index (χ0n) is 8.91. The molecule has 4 nitrogen and oxygen atoms in total. The van der Waals surface area contributed by atoms with Crippen LogP contribution in [-0.4, -0.2) is 38.4 Å². The van der Waals surface area contributed by atoms with Crippen LogP contribution in [0.1, 0.15) is 26.2 Å². The van der Waals surface area contributed by atoms with Gasteiger partial charge in [0.2, 0.25) is 0 Å².